The molecule has 11 heavy (non-hydrogen) atoms. The fourth-order valence-corrected chi connectivity index (χ4v) is 1.24. The Labute approximate surface area is 65.5 Å². The highest BCUT2D eigenvalue weighted by atomic mass is 16.5. The summed E-state index contributed by atoms with van der Waals surface area (Å²) >= 11 is 0. The Morgan fingerprint density at radius 1 is 1.45 bits per heavy atom. The van der Waals surface area contributed by atoms with Crippen LogP contribution in [0.15, 0.2) is 23.2 Å². The Balaban J connectivity index is 2.60. The van der Waals surface area contributed by atoms with Crippen LogP contribution in [0.3, 0.4) is 0 Å². The molecule has 0 saturated carbocycles. The van der Waals surface area contributed by atoms with Crippen molar-refractivity contribution >= 4 is 12.1 Å². The number of hydrogen-bond donors (Lipinski definition) is 0. The summed E-state index contributed by atoms with van der Waals surface area (Å²) in [7, 11) is 0. The van der Waals surface area contributed by atoms with Gasteiger partial charge in [-0.3, -0.25) is 0 Å². The van der Waals surface area contributed by atoms with Crippen molar-refractivity contribution < 1.29 is 4.74 Å². The van der Waals surface area contributed by atoms with Gasteiger partial charge in [0.1, 0.15) is 6.61 Å². The zero-order valence-electron chi connectivity index (χ0n) is 6.37. The quantitative estimate of drug-likeness (QED) is 0.551. The molecular formula is C9H9NO. The molecule has 0 spiro atoms. The third-order valence-corrected chi connectivity index (χ3v) is 1.82. The molecule has 0 N–H and O–H groups in total. The van der Waals surface area contributed by atoms with Crippen molar-refractivity contribution in [2.45, 2.75) is 13.5 Å². The van der Waals surface area contributed by atoms with E-state index in [0.29, 0.717) is 6.61 Å². The highest BCUT2D eigenvalue weighted by Gasteiger charge is 2.06. The van der Waals surface area contributed by atoms with Crippen molar-refractivity contribution in [3.8, 4) is 0 Å². The van der Waals surface area contributed by atoms with Crippen LogP contribution in [0.4, 0.5) is 5.69 Å². The molecule has 2 heteroatoms. The molecule has 1 aromatic carbocycles. The number of para-hydroxylation sites is 1. The lowest BCUT2D eigenvalue weighted by atomic mass is 10.1. The van der Waals surface area contributed by atoms with E-state index in [1.165, 1.54) is 17.5 Å². The molecule has 0 saturated heterocycles. The minimum absolute atomic E-state index is 0.653. The first-order chi connectivity index (χ1) is 5.38. The second-order valence-corrected chi connectivity index (χ2v) is 2.63. The third-order valence-electron chi connectivity index (χ3n) is 1.82. The van der Waals surface area contributed by atoms with Gasteiger partial charge in [0.15, 0.2) is 6.40 Å². The van der Waals surface area contributed by atoms with Crippen LogP contribution in [0, 0.1) is 6.92 Å². The normalized spacial score (nSPS) is 13.9. The lowest BCUT2D eigenvalue weighted by Crippen LogP contribution is -1.97. The van der Waals surface area contributed by atoms with E-state index in [1.807, 2.05) is 12.1 Å². The number of nitrogens with zero attached hydrogens (tertiary/aromatic N) is 1. The van der Waals surface area contributed by atoms with Crippen LogP contribution in [0.1, 0.15) is 11.1 Å². The van der Waals surface area contributed by atoms with Crippen LogP contribution in [-0.2, 0) is 11.3 Å². The summed E-state index contributed by atoms with van der Waals surface area (Å²) in [5, 5.41) is 0. The first kappa shape index (κ1) is 6.40. The lowest BCUT2D eigenvalue weighted by molar-refractivity contribution is 0.303. The predicted octanol–water partition coefficient (Wildman–Crippen LogP) is 2.19. The van der Waals surface area contributed by atoms with E-state index in [0.717, 1.165) is 5.69 Å². The number of ether oxygens (including phenoxy) is 1. The average molecular weight is 147 g/mol. The molecule has 0 bridgehead atoms. The largest absolute Gasteiger partial charge is 0.478 e. The molecule has 2 nitrogen and oxygen atoms in total. The van der Waals surface area contributed by atoms with E-state index in [4.69, 9.17) is 4.74 Å². The van der Waals surface area contributed by atoms with Crippen molar-refractivity contribution in [2.75, 3.05) is 0 Å². The minimum Gasteiger partial charge on any atom is -0.478 e. The smallest absolute Gasteiger partial charge is 0.175 e. The fraction of sp³-hybridized carbons (Fsp3) is 0.222. The summed E-state index contributed by atoms with van der Waals surface area (Å²) in [5.74, 6) is 0. The number of aliphatic imine (C=N–C) groups is 1. The van der Waals surface area contributed by atoms with Gasteiger partial charge >= 0.3 is 0 Å². The molecule has 0 fully saturated rings. The Morgan fingerprint density at radius 2 is 2.36 bits per heavy atom. The zero-order valence-corrected chi connectivity index (χ0v) is 6.37. The second kappa shape index (κ2) is 2.38. The first-order valence-corrected chi connectivity index (χ1v) is 3.60. The van der Waals surface area contributed by atoms with Gasteiger partial charge in [-0.2, -0.15) is 0 Å². The lowest BCUT2D eigenvalue weighted by Gasteiger charge is -2.11. The maximum absolute atomic E-state index is 5.06. The van der Waals surface area contributed by atoms with Crippen LogP contribution in [0.2, 0.25) is 0 Å². The van der Waals surface area contributed by atoms with Crippen molar-refractivity contribution in [1.82, 2.24) is 0 Å². The van der Waals surface area contributed by atoms with Gasteiger partial charge in [0, 0.05) is 5.56 Å². The SMILES string of the molecule is Cc1cccc2c1N=COC2. The van der Waals surface area contributed by atoms with E-state index in [-0.39, 0.29) is 0 Å². The summed E-state index contributed by atoms with van der Waals surface area (Å²) in [6.07, 6.45) is 1.51. The molecular weight excluding hydrogens is 138 g/mol. The van der Waals surface area contributed by atoms with E-state index < -0.39 is 0 Å². The van der Waals surface area contributed by atoms with Gasteiger partial charge < -0.3 is 4.74 Å². The number of benzene rings is 1. The number of fused-ring (bicyclic) bond motifs is 1. The molecule has 0 atom stereocenters. The molecule has 0 unspecified atom stereocenters. The van der Waals surface area contributed by atoms with Crippen molar-refractivity contribution in [3.05, 3.63) is 29.3 Å². The number of hydrogen-bond acceptors (Lipinski definition) is 2. The molecule has 1 aliphatic heterocycles. The van der Waals surface area contributed by atoms with Crippen LogP contribution in [0.25, 0.3) is 0 Å². The van der Waals surface area contributed by atoms with Gasteiger partial charge in [-0.25, -0.2) is 4.99 Å². The monoisotopic (exact) mass is 147 g/mol. The van der Waals surface area contributed by atoms with Gasteiger partial charge in [0.25, 0.3) is 0 Å². The van der Waals surface area contributed by atoms with E-state index in [1.54, 1.807) is 0 Å². The average Bonchev–Trinajstić information content (AvgIpc) is 2.06. The van der Waals surface area contributed by atoms with Crippen molar-refractivity contribution in [2.24, 2.45) is 4.99 Å². The maximum atomic E-state index is 5.06. The van der Waals surface area contributed by atoms with Crippen LogP contribution < -0.4 is 0 Å². The zero-order chi connectivity index (χ0) is 7.68. The van der Waals surface area contributed by atoms with Gasteiger partial charge in [-0.15, -0.1) is 0 Å². The maximum Gasteiger partial charge on any atom is 0.175 e. The summed E-state index contributed by atoms with van der Waals surface area (Å²) < 4.78 is 5.06. The van der Waals surface area contributed by atoms with Crippen LogP contribution in [0.5, 0.6) is 0 Å². The summed E-state index contributed by atoms with van der Waals surface area (Å²) in [6, 6.07) is 6.12. The Hall–Kier alpha value is -1.31. The van der Waals surface area contributed by atoms with Crippen LogP contribution in [-0.4, -0.2) is 6.40 Å². The third kappa shape index (κ3) is 1.00. The molecule has 0 radical (unpaired) electrons. The molecule has 0 aliphatic carbocycles. The van der Waals surface area contributed by atoms with E-state index >= 15 is 0 Å². The number of aryl methyl sites for hydroxylation is 1. The van der Waals surface area contributed by atoms with E-state index in [9.17, 15) is 0 Å². The molecule has 2 rings (SSSR count). The van der Waals surface area contributed by atoms with Gasteiger partial charge in [0.05, 0.1) is 5.69 Å². The second-order valence-electron chi connectivity index (χ2n) is 2.63. The molecule has 1 aliphatic rings. The highest BCUT2D eigenvalue weighted by molar-refractivity contribution is 5.64. The van der Waals surface area contributed by atoms with Gasteiger partial charge in [-0.1, -0.05) is 18.2 Å². The van der Waals surface area contributed by atoms with Crippen LogP contribution >= 0.6 is 0 Å². The Kier molecular flexibility index (Phi) is 1.39. The molecule has 1 aromatic rings. The predicted molar refractivity (Wildman–Crippen MR) is 44.1 cm³/mol. The summed E-state index contributed by atoms with van der Waals surface area (Å²) in [5.41, 5.74) is 3.45. The van der Waals surface area contributed by atoms with Crippen molar-refractivity contribution in [3.63, 3.8) is 0 Å². The number of rotatable bonds is 0. The highest BCUT2D eigenvalue weighted by Crippen LogP contribution is 2.26. The standard InChI is InChI=1S/C9H9NO/c1-7-3-2-4-8-5-11-6-10-9(7)8/h2-4,6H,5H2,1H3. The summed E-state index contributed by atoms with van der Waals surface area (Å²) in [6.45, 7) is 2.71. The molecule has 0 amide bonds. The molecule has 1 heterocycles. The topological polar surface area (TPSA) is 21.6 Å². The molecule has 0 aromatic heterocycles. The van der Waals surface area contributed by atoms with Crippen molar-refractivity contribution in [1.29, 1.82) is 0 Å². The van der Waals surface area contributed by atoms with Gasteiger partial charge in [0.2, 0.25) is 0 Å². The van der Waals surface area contributed by atoms with Gasteiger partial charge in [-0.05, 0) is 12.5 Å². The Morgan fingerprint density at radius 3 is 3.18 bits per heavy atom. The fourth-order valence-electron chi connectivity index (χ4n) is 1.24. The first-order valence-electron chi connectivity index (χ1n) is 3.60. The summed E-state index contributed by atoms with van der Waals surface area (Å²) in [4.78, 5) is 4.15. The Bertz CT molecular complexity index is 304. The van der Waals surface area contributed by atoms with E-state index in [2.05, 4.69) is 18.0 Å². The molecule has 56 valence electrons. The minimum atomic E-state index is 0.653.